The highest BCUT2D eigenvalue weighted by molar-refractivity contribution is 5.94. The average Bonchev–Trinajstić information content (AvgIpc) is 3.31. The first-order valence-corrected chi connectivity index (χ1v) is 8.35. The van der Waals surface area contributed by atoms with Gasteiger partial charge in [0.2, 0.25) is 0 Å². The minimum atomic E-state index is -1.12. The molecular weight excluding hydrogens is 414 g/mol. The summed E-state index contributed by atoms with van der Waals surface area (Å²) in [5, 5.41) is 29.1. The SMILES string of the molecule is O=C(N=Nc1ccc(NOC(=O)c2ccc([N+](=O)[O-])cc2[N+](=O)[O-])cc1)c1ccco1. The van der Waals surface area contributed by atoms with E-state index in [-0.39, 0.29) is 11.4 Å². The Morgan fingerprint density at radius 3 is 2.35 bits per heavy atom. The monoisotopic (exact) mass is 425 g/mol. The van der Waals surface area contributed by atoms with E-state index < -0.39 is 38.7 Å². The molecule has 31 heavy (non-hydrogen) atoms. The first kappa shape index (κ1) is 20.8. The van der Waals surface area contributed by atoms with Crippen molar-refractivity contribution in [2.75, 3.05) is 5.48 Å². The number of nitro benzene ring substituents is 2. The number of non-ortho nitro benzene ring substituents is 1. The van der Waals surface area contributed by atoms with Gasteiger partial charge in [-0.1, -0.05) is 0 Å². The van der Waals surface area contributed by atoms with Gasteiger partial charge >= 0.3 is 11.9 Å². The van der Waals surface area contributed by atoms with Crippen LogP contribution < -0.4 is 5.48 Å². The van der Waals surface area contributed by atoms with Crippen LogP contribution in [0.2, 0.25) is 0 Å². The van der Waals surface area contributed by atoms with Crippen LogP contribution in [0, 0.1) is 20.2 Å². The number of amides is 1. The van der Waals surface area contributed by atoms with Gasteiger partial charge in [-0.25, -0.2) is 10.3 Å². The van der Waals surface area contributed by atoms with Crippen molar-refractivity contribution in [2.45, 2.75) is 0 Å². The van der Waals surface area contributed by atoms with Crippen molar-refractivity contribution in [3.8, 4) is 0 Å². The number of hydrogen-bond donors (Lipinski definition) is 1. The van der Waals surface area contributed by atoms with Crippen molar-refractivity contribution in [2.24, 2.45) is 10.2 Å². The second kappa shape index (κ2) is 9.04. The van der Waals surface area contributed by atoms with E-state index in [9.17, 15) is 29.8 Å². The smallest absolute Gasteiger partial charge is 0.369 e. The third kappa shape index (κ3) is 5.11. The number of hydrogen-bond acceptors (Lipinski definition) is 10. The Balaban J connectivity index is 1.64. The fraction of sp³-hybridized carbons (Fsp3) is 0. The zero-order valence-corrected chi connectivity index (χ0v) is 15.3. The Morgan fingerprint density at radius 1 is 1.00 bits per heavy atom. The molecule has 0 spiro atoms. The molecular formula is C18H11N5O8. The average molecular weight is 425 g/mol. The molecule has 2 aromatic carbocycles. The van der Waals surface area contributed by atoms with Gasteiger partial charge in [-0.15, -0.1) is 10.2 Å². The van der Waals surface area contributed by atoms with Crippen LogP contribution >= 0.6 is 0 Å². The molecule has 3 aromatic rings. The van der Waals surface area contributed by atoms with Crippen LogP contribution in [0.15, 0.2) is 75.5 Å². The van der Waals surface area contributed by atoms with Crippen molar-refractivity contribution < 1.29 is 28.7 Å². The molecule has 13 nitrogen and oxygen atoms in total. The van der Waals surface area contributed by atoms with Gasteiger partial charge in [0.1, 0.15) is 5.56 Å². The Hall–Kier alpha value is -4.94. The second-order valence-electron chi connectivity index (χ2n) is 5.74. The molecule has 1 N–H and O–H groups in total. The lowest BCUT2D eigenvalue weighted by Gasteiger charge is -2.07. The van der Waals surface area contributed by atoms with E-state index >= 15 is 0 Å². The topological polar surface area (TPSA) is 180 Å². The summed E-state index contributed by atoms with van der Waals surface area (Å²) in [6.07, 6.45) is 1.33. The number of anilines is 1. The summed E-state index contributed by atoms with van der Waals surface area (Å²) >= 11 is 0. The van der Waals surface area contributed by atoms with Gasteiger partial charge in [0.25, 0.3) is 11.4 Å². The number of rotatable bonds is 7. The normalized spacial score (nSPS) is 10.6. The van der Waals surface area contributed by atoms with E-state index in [4.69, 9.17) is 9.25 Å². The summed E-state index contributed by atoms with van der Waals surface area (Å²) < 4.78 is 4.90. The minimum Gasteiger partial charge on any atom is -0.459 e. The highest BCUT2D eigenvalue weighted by atomic mass is 16.7. The molecule has 3 rings (SSSR count). The number of nitrogens with one attached hydrogen (secondary N) is 1. The molecule has 156 valence electrons. The molecule has 0 saturated heterocycles. The molecule has 1 aromatic heterocycles. The highest BCUT2D eigenvalue weighted by Crippen LogP contribution is 2.25. The van der Waals surface area contributed by atoms with Crippen molar-refractivity contribution in [1.82, 2.24) is 0 Å². The summed E-state index contributed by atoms with van der Waals surface area (Å²) in [4.78, 5) is 48.8. The Kier molecular flexibility index (Phi) is 6.06. The lowest BCUT2D eigenvalue weighted by Crippen LogP contribution is -2.12. The fourth-order valence-electron chi connectivity index (χ4n) is 2.27. The molecule has 0 aliphatic carbocycles. The maximum atomic E-state index is 12.1. The maximum absolute atomic E-state index is 12.1. The largest absolute Gasteiger partial charge is 0.459 e. The molecule has 1 heterocycles. The van der Waals surface area contributed by atoms with Gasteiger partial charge < -0.3 is 9.25 Å². The van der Waals surface area contributed by atoms with Gasteiger partial charge in [-0.05, 0) is 42.5 Å². The van der Waals surface area contributed by atoms with Crippen LogP contribution in [0.3, 0.4) is 0 Å². The van der Waals surface area contributed by atoms with Gasteiger partial charge in [0.15, 0.2) is 5.76 Å². The predicted octanol–water partition coefficient (Wildman–Crippen LogP) is 4.20. The molecule has 1 amide bonds. The molecule has 0 aliphatic heterocycles. The Morgan fingerprint density at radius 2 is 1.74 bits per heavy atom. The second-order valence-corrected chi connectivity index (χ2v) is 5.74. The summed E-state index contributed by atoms with van der Waals surface area (Å²) in [5.41, 5.74) is 1.14. The predicted molar refractivity (Wildman–Crippen MR) is 103 cm³/mol. The standard InChI is InChI=1S/C18H11N5O8/c24-17(16-2-1-9-30-16)20-19-11-3-5-12(6-4-11)21-31-18(25)14-8-7-13(22(26)27)10-15(14)23(28)29/h1-10,21H. The number of nitro groups is 2. The van der Waals surface area contributed by atoms with E-state index in [1.807, 2.05) is 0 Å². The van der Waals surface area contributed by atoms with Crippen molar-refractivity contribution >= 4 is 34.6 Å². The lowest BCUT2D eigenvalue weighted by molar-refractivity contribution is -0.394. The first-order chi connectivity index (χ1) is 14.8. The number of carbonyl (C=O) groups excluding carboxylic acids is 2. The van der Waals surface area contributed by atoms with Gasteiger partial charge in [-0.3, -0.25) is 25.0 Å². The summed E-state index contributed by atoms with van der Waals surface area (Å²) in [6.45, 7) is 0. The van der Waals surface area contributed by atoms with E-state index in [0.29, 0.717) is 11.8 Å². The highest BCUT2D eigenvalue weighted by Gasteiger charge is 2.25. The zero-order valence-electron chi connectivity index (χ0n) is 15.3. The number of azo groups is 1. The third-order valence-electron chi connectivity index (χ3n) is 3.73. The van der Waals surface area contributed by atoms with Gasteiger partial charge in [-0.2, -0.15) is 0 Å². The maximum Gasteiger partial charge on any atom is 0.369 e. The van der Waals surface area contributed by atoms with Gasteiger partial charge in [0.05, 0.1) is 33.6 Å². The quantitative estimate of drug-likeness (QED) is 0.329. The van der Waals surface area contributed by atoms with Crippen molar-refractivity contribution in [3.05, 3.63) is 92.4 Å². The van der Waals surface area contributed by atoms with E-state index in [1.54, 1.807) is 0 Å². The number of nitrogens with zero attached hydrogens (tertiary/aromatic N) is 4. The number of furan rings is 1. The van der Waals surface area contributed by atoms with Crippen LogP contribution in [0.25, 0.3) is 0 Å². The van der Waals surface area contributed by atoms with Crippen molar-refractivity contribution in [3.63, 3.8) is 0 Å². The molecule has 13 heteroatoms. The third-order valence-corrected chi connectivity index (χ3v) is 3.73. The zero-order chi connectivity index (χ0) is 22.4. The molecule has 0 radical (unpaired) electrons. The van der Waals surface area contributed by atoms with E-state index in [2.05, 4.69) is 15.7 Å². The van der Waals surface area contributed by atoms with Crippen molar-refractivity contribution in [1.29, 1.82) is 0 Å². The lowest BCUT2D eigenvalue weighted by atomic mass is 10.1. The molecule has 0 bridgehead atoms. The van der Waals surface area contributed by atoms with Crippen LogP contribution in [-0.4, -0.2) is 21.7 Å². The Labute approximate surface area is 172 Å². The summed E-state index contributed by atoms with van der Waals surface area (Å²) in [7, 11) is 0. The van der Waals surface area contributed by atoms with Crippen LogP contribution in [0.1, 0.15) is 20.9 Å². The fourth-order valence-corrected chi connectivity index (χ4v) is 2.27. The number of carbonyl (C=O) groups is 2. The Bertz CT molecular complexity index is 1170. The molecule has 0 aliphatic rings. The number of benzene rings is 2. The van der Waals surface area contributed by atoms with E-state index in [0.717, 1.165) is 12.1 Å². The first-order valence-electron chi connectivity index (χ1n) is 8.35. The van der Waals surface area contributed by atoms with Crippen LogP contribution in [0.4, 0.5) is 22.7 Å². The molecule has 0 atom stereocenters. The summed E-state index contributed by atoms with van der Waals surface area (Å²) in [5.74, 6) is -1.74. The molecule has 0 saturated carbocycles. The van der Waals surface area contributed by atoms with E-state index in [1.165, 1.54) is 42.7 Å². The summed E-state index contributed by atoms with van der Waals surface area (Å²) in [6, 6.07) is 11.3. The molecule has 0 unspecified atom stereocenters. The van der Waals surface area contributed by atoms with Crippen LogP contribution in [-0.2, 0) is 4.84 Å². The molecule has 0 fully saturated rings. The van der Waals surface area contributed by atoms with Gasteiger partial charge in [0, 0.05) is 6.07 Å². The minimum absolute atomic E-state index is 0.0364. The van der Waals surface area contributed by atoms with Crippen LogP contribution in [0.5, 0.6) is 0 Å².